The molecule has 2 aromatic heterocycles. The lowest BCUT2D eigenvalue weighted by atomic mass is 10.0. The van der Waals surface area contributed by atoms with Gasteiger partial charge in [0.05, 0.1) is 26.1 Å². The minimum atomic E-state index is -0.965. The number of imidazole rings is 1. The van der Waals surface area contributed by atoms with Gasteiger partial charge in [-0.15, -0.1) is 0 Å². The second-order valence-electron chi connectivity index (χ2n) is 5.94. The monoisotopic (exact) mass is 355 g/mol. The number of hydrogen-bond donors (Lipinski definition) is 1. The Labute approximate surface area is 151 Å². The van der Waals surface area contributed by atoms with Gasteiger partial charge < -0.3 is 19.0 Å². The van der Waals surface area contributed by atoms with Crippen molar-refractivity contribution < 1.29 is 19.4 Å². The molecule has 1 aromatic carbocycles. The summed E-state index contributed by atoms with van der Waals surface area (Å²) >= 11 is 0. The highest BCUT2D eigenvalue weighted by atomic mass is 16.5. The number of benzene rings is 1. The molecule has 7 nitrogen and oxygen atoms in total. The largest absolute Gasteiger partial charge is 0.497 e. The van der Waals surface area contributed by atoms with E-state index in [0.717, 1.165) is 11.3 Å². The van der Waals surface area contributed by atoms with E-state index < -0.39 is 12.0 Å². The molecule has 0 amide bonds. The number of methoxy groups -OCH3 is 2. The molecule has 1 unspecified atom stereocenters. The number of carbonyl (C=O) groups is 1. The zero-order valence-electron chi connectivity index (χ0n) is 14.9. The lowest BCUT2D eigenvalue weighted by Crippen LogP contribution is -2.31. The Hall–Kier alpha value is -3.06. The molecule has 26 heavy (non-hydrogen) atoms. The quantitative estimate of drug-likeness (QED) is 0.702. The van der Waals surface area contributed by atoms with Gasteiger partial charge in [-0.05, 0) is 37.4 Å². The van der Waals surface area contributed by atoms with Crippen molar-refractivity contribution in [2.45, 2.75) is 12.6 Å². The van der Waals surface area contributed by atoms with Crippen molar-refractivity contribution in [2.24, 2.45) is 0 Å². The Balaban J connectivity index is 1.96. The summed E-state index contributed by atoms with van der Waals surface area (Å²) < 4.78 is 12.6. The van der Waals surface area contributed by atoms with Crippen LogP contribution in [0.1, 0.15) is 17.3 Å². The predicted molar refractivity (Wildman–Crippen MR) is 96.6 cm³/mol. The van der Waals surface area contributed by atoms with Crippen molar-refractivity contribution in [3.63, 3.8) is 0 Å². The van der Waals surface area contributed by atoms with Gasteiger partial charge in [0.2, 0.25) is 0 Å². The molecule has 3 rings (SSSR count). The molecule has 0 radical (unpaired) electrons. The third kappa shape index (κ3) is 3.34. The number of aromatic nitrogens is 2. The molecule has 1 atom stereocenters. The van der Waals surface area contributed by atoms with Crippen molar-refractivity contribution in [3.8, 4) is 11.5 Å². The normalized spacial score (nSPS) is 12.3. The van der Waals surface area contributed by atoms with Crippen LogP contribution in [0.25, 0.3) is 5.65 Å². The number of nitrogens with zero attached hydrogens (tertiary/aromatic N) is 3. The van der Waals surface area contributed by atoms with Crippen LogP contribution in [0.15, 0.2) is 48.8 Å². The van der Waals surface area contributed by atoms with Gasteiger partial charge in [0, 0.05) is 18.3 Å². The summed E-state index contributed by atoms with van der Waals surface area (Å²) in [6, 6.07) is 9.99. The van der Waals surface area contributed by atoms with E-state index in [1.54, 1.807) is 43.5 Å². The van der Waals surface area contributed by atoms with E-state index in [9.17, 15) is 9.90 Å². The maximum absolute atomic E-state index is 12.0. The topological polar surface area (TPSA) is 76.3 Å². The molecule has 0 fully saturated rings. The molecule has 136 valence electrons. The molecule has 7 heteroatoms. The first-order valence-corrected chi connectivity index (χ1v) is 8.11. The highest BCUT2D eigenvalue weighted by Crippen LogP contribution is 2.33. The maximum atomic E-state index is 12.0. The van der Waals surface area contributed by atoms with Crippen molar-refractivity contribution in [2.75, 3.05) is 21.3 Å². The summed E-state index contributed by atoms with van der Waals surface area (Å²) in [6.07, 6.45) is 3.67. The molecule has 2 heterocycles. The number of fused-ring (bicyclic) bond motifs is 1. The molecule has 0 bridgehead atoms. The van der Waals surface area contributed by atoms with Crippen LogP contribution < -0.4 is 9.47 Å². The first kappa shape index (κ1) is 17.8. The number of pyridine rings is 1. The molecule has 0 saturated heterocycles. The van der Waals surface area contributed by atoms with Crippen LogP contribution in [-0.2, 0) is 11.3 Å². The smallest absolute Gasteiger partial charge is 0.325 e. The Morgan fingerprint density at radius 3 is 2.77 bits per heavy atom. The SMILES string of the molecule is COc1ccc(OC)c(C(C(=O)O)N(C)Cc2cnc3ccccn23)c1. The van der Waals surface area contributed by atoms with E-state index in [1.165, 1.54) is 7.11 Å². The number of likely N-dealkylation sites (N-methyl/N-ethyl adjacent to an activating group) is 1. The molecule has 0 aliphatic carbocycles. The second kappa shape index (κ2) is 7.45. The summed E-state index contributed by atoms with van der Waals surface area (Å²) in [6.45, 7) is 0.405. The Kier molecular flexibility index (Phi) is 5.09. The number of carboxylic acids is 1. The first-order chi connectivity index (χ1) is 12.5. The summed E-state index contributed by atoms with van der Waals surface area (Å²) in [5.41, 5.74) is 2.26. The van der Waals surface area contributed by atoms with E-state index in [4.69, 9.17) is 9.47 Å². The highest BCUT2D eigenvalue weighted by molar-refractivity contribution is 5.77. The molecule has 0 aliphatic heterocycles. The highest BCUT2D eigenvalue weighted by Gasteiger charge is 2.29. The molecular weight excluding hydrogens is 334 g/mol. The summed E-state index contributed by atoms with van der Waals surface area (Å²) in [5.74, 6) is 0.117. The maximum Gasteiger partial charge on any atom is 0.325 e. The zero-order valence-corrected chi connectivity index (χ0v) is 14.9. The van der Waals surface area contributed by atoms with E-state index in [1.807, 2.05) is 28.8 Å². The third-order valence-electron chi connectivity index (χ3n) is 4.31. The Morgan fingerprint density at radius 2 is 2.08 bits per heavy atom. The minimum absolute atomic E-state index is 0.405. The van der Waals surface area contributed by atoms with E-state index in [2.05, 4.69) is 4.98 Å². The lowest BCUT2D eigenvalue weighted by molar-refractivity contribution is -0.143. The lowest BCUT2D eigenvalue weighted by Gasteiger charge is -2.26. The van der Waals surface area contributed by atoms with Gasteiger partial charge in [-0.2, -0.15) is 0 Å². The molecular formula is C19H21N3O4. The molecule has 0 spiro atoms. The molecule has 0 aliphatic rings. The van der Waals surface area contributed by atoms with Crippen molar-refractivity contribution in [3.05, 3.63) is 60.0 Å². The van der Waals surface area contributed by atoms with E-state index in [0.29, 0.717) is 23.6 Å². The van der Waals surface area contributed by atoms with Crippen LogP contribution in [0.2, 0.25) is 0 Å². The predicted octanol–water partition coefficient (Wildman–Crippen LogP) is 2.61. The standard InChI is InChI=1S/C19H21N3O4/c1-21(12-13-11-20-17-6-4-5-9-22(13)17)18(19(23)24)15-10-14(25-2)7-8-16(15)26-3/h4-11,18H,12H2,1-3H3,(H,23,24). The summed E-state index contributed by atoms with van der Waals surface area (Å²) in [5, 5.41) is 9.86. The van der Waals surface area contributed by atoms with Crippen molar-refractivity contribution in [1.29, 1.82) is 0 Å². The number of hydrogen-bond acceptors (Lipinski definition) is 5. The number of carboxylic acid groups (broad SMARTS) is 1. The van der Waals surface area contributed by atoms with Gasteiger partial charge in [0.15, 0.2) is 0 Å². The first-order valence-electron chi connectivity index (χ1n) is 8.11. The number of ether oxygens (including phenoxy) is 2. The molecule has 1 N–H and O–H groups in total. The second-order valence-corrected chi connectivity index (χ2v) is 5.94. The average molecular weight is 355 g/mol. The van der Waals surface area contributed by atoms with Crippen molar-refractivity contribution >= 4 is 11.6 Å². The summed E-state index contributed by atoms with van der Waals surface area (Å²) in [7, 11) is 4.83. The van der Waals surface area contributed by atoms with Gasteiger partial charge in [-0.3, -0.25) is 9.69 Å². The fraction of sp³-hybridized carbons (Fsp3) is 0.263. The van der Waals surface area contributed by atoms with Gasteiger partial charge in [-0.25, -0.2) is 4.98 Å². The van der Waals surface area contributed by atoms with Gasteiger partial charge in [0.1, 0.15) is 23.2 Å². The van der Waals surface area contributed by atoms with Crippen LogP contribution in [0, 0.1) is 0 Å². The fourth-order valence-corrected chi connectivity index (χ4v) is 3.06. The summed E-state index contributed by atoms with van der Waals surface area (Å²) in [4.78, 5) is 18.1. The zero-order chi connectivity index (χ0) is 18.7. The van der Waals surface area contributed by atoms with Crippen LogP contribution in [0.3, 0.4) is 0 Å². The van der Waals surface area contributed by atoms with Crippen LogP contribution >= 0.6 is 0 Å². The fourth-order valence-electron chi connectivity index (χ4n) is 3.06. The molecule has 0 saturated carbocycles. The van der Waals surface area contributed by atoms with E-state index >= 15 is 0 Å². The van der Waals surface area contributed by atoms with Gasteiger partial charge in [-0.1, -0.05) is 6.07 Å². The van der Waals surface area contributed by atoms with Gasteiger partial charge in [0.25, 0.3) is 0 Å². The average Bonchev–Trinajstić information content (AvgIpc) is 3.04. The van der Waals surface area contributed by atoms with Gasteiger partial charge >= 0.3 is 5.97 Å². The van der Waals surface area contributed by atoms with E-state index in [-0.39, 0.29) is 0 Å². The van der Waals surface area contributed by atoms with Crippen molar-refractivity contribution in [1.82, 2.24) is 14.3 Å². The van der Waals surface area contributed by atoms with Crippen LogP contribution in [0.5, 0.6) is 11.5 Å². The number of rotatable bonds is 7. The number of aliphatic carboxylic acids is 1. The molecule has 3 aromatic rings. The Bertz CT molecular complexity index is 922. The van der Waals surface area contributed by atoms with Crippen LogP contribution in [0.4, 0.5) is 0 Å². The van der Waals surface area contributed by atoms with Crippen LogP contribution in [-0.4, -0.2) is 46.6 Å². The Morgan fingerprint density at radius 1 is 1.27 bits per heavy atom. The minimum Gasteiger partial charge on any atom is -0.497 e. The third-order valence-corrected chi connectivity index (χ3v) is 4.31.